The molecule has 0 rings (SSSR count). The average Bonchev–Trinajstić information content (AvgIpc) is 1.50. The maximum atomic E-state index is 3.53. The molecule has 0 unspecified atom stereocenters. The van der Waals surface area contributed by atoms with Crippen molar-refractivity contribution in [3.8, 4) is 0 Å². The molecule has 0 saturated carbocycles. The highest BCUT2D eigenvalue weighted by Crippen LogP contribution is 1.31. The molecule has 0 aromatic rings. The van der Waals surface area contributed by atoms with Crippen molar-refractivity contribution in [3.05, 3.63) is 0 Å². The molecule has 0 fully saturated rings. The molecule has 0 aromatic heterocycles. The number of thiol groups is 2. The van der Waals surface area contributed by atoms with Gasteiger partial charge < -0.3 is 0 Å². The Kier molecular flexibility index (Phi) is 121. The van der Waals surface area contributed by atoms with Gasteiger partial charge in [0, 0.05) is 0 Å². The van der Waals surface area contributed by atoms with Crippen molar-refractivity contribution in [2.45, 2.75) is 0 Å². The van der Waals surface area contributed by atoms with Gasteiger partial charge in [0.2, 0.25) is 0 Å². The molecule has 0 aromatic carbocycles. The molecular formula is C2H8S2. The van der Waals surface area contributed by atoms with E-state index in [-0.39, 0.29) is 0 Å². The van der Waals surface area contributed by atoms with E-state index in [1.807, 2.05) is 0 Å². The first kappa shape index (κ1) is 8.83. The molecule has 0 aliphatic heterocycles. The predicted molar refractivity (Wildman–Crippen MR) is 29.8 cm³/mol. The smallest absolute Gasteiger partial charge is 0.0215 e. The molecule has 0 spiro atoms. The summed E-state index contributed by atoms with van der Waals surface area (Å²) in [6, 6.07) is 0. The van der Waals surface area contributed by atoms with E-state index in [1.54, 1.807) is 12.5 Å². The van der Waals surface area contributed by atoms with Crippen LogP contribution >= 0.6 is 25.3 Å². The van der Waals surface area contributed by atoms with E-state index in [4.69, 9.17) is 0 Å². The first-order valence-electron chi connectivity index (χ1n) is 0.894. The first-order chi connectivity index (χ1) is 2.00. The highest BCUT2D eigenvalue weighted by molar-refractivity contribution is 7.79. The minimum absolute atomic E-state index is 1.69. The fraction of sp³-hybridized carbons (Fsp3) is 1.00. The molecule has 0 amide bonds. The SMILES string of the molecule is CS.CS. The van der Waals surface area contributed by atoms with Crippen LogP contribution in [0.1, 0.15) is 0 Å². The Morgan fingerprint density at radius 2 is 0.750 bits per heavy atom. The standard InChI is InChI=1S/2CH4S/c2*1-2/h2*2H,1H3. The lowest BCUT2D eigenvalue weighted by molar-refractivity contribution is 2.55. The molecule has 28 valence electrons. The van der Waals surface area contributed by atoms with Gasteiger partial charge in [-0.25, -0.2) is 0 Å². The van der Waals surface area contributed by atoms with Crippen molar-refractivity contribution >= 4 is 25.3 Å². The average molecular weight is 96.2 g/mol. The third-order valence-corrected chi connectivity index (χ3v) is 0. The van der Waals surface area contributed by atoms with Gasteiger partial charge in [-0.15, -0.1) is 0 Å². The summed E-state index contributed by atoms with van der Waals surface area (Å²) in [5.41, 5.74) is 0. The van der Waals surface area contributed by atoms with Crippen molar-refractivity contribution in [2.24, 2.45) is 0 Å². The quantitative estimate of drug-likeness (QED) is 0.414. The number of rotatable bonds is 0. The van der Waals surface area contributed by atoms with E-state index < -0.39 is 0 Å². The Bertz CT molecular complexity index is 4.00. The van der Waals surface area contributed by atoms with Crippen LogP contribution in [-0.2, 0) is 0 Å². The lowest BCUT2D eigenvalue weighted by Gasteiger charge is -1.11. The second kappa shape index (κ2) is 55.0. The molecule has 0 saturated heterocycles. The minimum atomic E-state index is 1.69. The molecular weight excluding hydrogens is 88.2 g/mol. The zero-order valence-electron chi connectivity index (χ0n) is 2.89. The Labute approximate surface area is 38.4 Å². The molecule has 0 heterocycles. The largest absolute Gasteiger partial charge is 0.183 e. The van der Waals surface area contributed by atoms with Crippen LogP contribution in [0, 0.1) is 0 Å². The third-order valence-electron chi connectivity index (χ3n) is 0. The summed E-state index contributed by atoms with van der Waals surface area (Å²) in [6.07, 6.45) is 3.39. The fourth-order valence-corrected chi connectivity index (χ4v) is 0. The highest BCUT2D eigenvalue weighted by atomic mass is 32.1. The van der Waals surface area contributed by atoms with Gasteiger partial charge in [0.25, 0.3) is 0 Å². The van der Waals surface area contributed by atoms with Gasteiger partial charge in [0.05, 0.1) is 0 Å². The first-order valence-corrected chi connectivity index (χ1v) is 2.68. The molecule has 0 aliphatic rings. The Morgan fingerprint density at radius 3 is 0.750 bits per heavy atom. The van der Waals surface area contributed by atoms with Gasteiger partial charge in [0.15, 0.2) is 0 Å². The van der Waals surface area contributed by atoms with Gasteiger partial charge in [0.1, 0.15) is 0 Å². The van der Waals surface area contributed by atoms with Crippen molar-refractivity contribution in [2.75, 3.05) is 12.5 Å². The maximum Gasteiger partial charge on any atom is -0.0215 e. The van der Waals surface area contributed by atoms with E-state index in [1.165, 1.54) is 0 Å². The van der Waals surface area contributed by atoms with E-state index >= 15 is 0 Å². The van der Waals surface area contributed by atoms with Crippen molar-refractivity contribution < 1.29 is 0 Å². The number of hydrogen-bond acceptors (Lipinski definition) is 2. The van der Waals surface area contributed by atoms with Crippen LogP contribution in [0.25, 0.3) is 0 Å². The van der Waals surface area contributed by atoms with Gasteiger partial charge >= 0.3 is 0 Å². The molecule has 2 heteroatoms. The summed E-state index contributed by atoms with van der Waals surface area (Å²) in [7, 11) is 0. The van der Waals surface area contributed by atoms with Crippen LogP contribution in [0.15, 0.2) is 0 Å². The second-order valence-corrected chi connectivity index (χ2v) is 0. The van der Waals surface area contributed by atoms with Crippen molar-refractivity contribution in [3.63, 3.8) is 0 Å². The lowest BCUT2D eigenvalue weighted by Crippen LogP contribution is -0.865. The van der Waals surface area contributed by atoms with Crippen LogP contribution in [-0.4, -0.2) is 12.5 Å². The zero-order chi connectivity index (χ0) is 4.00. The monoisotopic (exact) mass is 96.0 g/mol. The van der Waals surface area contributed by atoms with Gasteiger partial charge in [-0.05, 0) is 12.5 Å². The highest BCUT2D eigenvalue weighted by Gasteiger charge is 0.903. The summed E-state index contributed by atoms with van der Waals surface area (Å²) in [5, 5.41) is 0. The topological polar surface area (TPSA) is 0 Å². The Morgan fingerprint density at radius 1 is 0.750 bits per heavy atom. The predicted octanol–water partition coefficient (Wildman–Crippen LogP) is 1.09. The molecule has 0 nitrogen and oxygen atoms in total. The van der Waals surface area contributed by atoms with Crippen LogP contribution < -0.4 is 0 Å². The Hall–Kier alpha value is 0.700. The molecule has 0 bridgehead atoms. The lowest BCUT2D eigenvalue weighted by atomic mass is 12.0. The van der Waals surface area contributed by atoms with Gasteiger partial charge in [-0.3, -0.25) is 0 Å². The minimum Gasteiger partial charge on any atom is -0.183 e. The van der Waals surface area contributed by atoms with E-state index in [2.05, 4.69) is 25.3 Å². The summed E-state index contributed by atoms with van der Waals surface area (Å²) >= 11 is 7.06. The fourth-order valence-electron chi connectivity index (χ4n) is 0. The van der Waals surface area contributed by atoms with Crippen molar-refractivity contribution in [1.82, 2.24) is 0 Å². The summed E-state index contributed by atoms with van der Waals surface area (Å²) in [4.78, 5) is 0. The van der Waals surface area contributed by atoms with E-state index in [0.29, 0.717) is 0 Å². The number of hydrogen-bond donors (Lipinski definition) is 2. The summed E-state index contributed by atoms with van der Waals surface area (Å²) in [6.45, 7) is 0. The zero-order valence-corrected chi connectivity index (χ0v) is 4.68. The van der Waals surface area contributed by atoms with Crippen LogP contribution in [0.2, 0.25) is 0 Å². The van der Waals surface area contributed by atoms with Gasteiger partial charge in [-0.2, -0.15) is 25.3 Å². The summed E-state index contributed by atoms with van der Waals surface area (Å²) in [5.74, 6) is 0. The maximum absolute atomic E-state index is 3.53. The summed E-state index contributed by atoms with van der Waals surface area (Å²) < 4.78 is 0. The molecule has 0 N–H and O–H groups in total. The van der Waals surface area contributed by atoms with Crippen LogP contribution in [0.5, 0.6) is 0 Å². The second-order valence-electron chi connectivity index (χ2n) is 0. The molecule has 0 aliphatic carbocycles. The van der Waals surface area contributed by atoms with E-state index in [0.717, 1.165) is 0 Å². The van der Waals surface area contributed by atoms with Crippen LogP contribution in [0.4, 0.5) is 0 Å². The normalized spacial score (nSPS) is 3.00. The van der Waals surface area contributed by atoms with Crippen LogP contribution in [0.3, 0.4) is 0 Å². The third kappa shape index (κ3) is 15.9. The van der Waals surface area contributed by atoms with E-state index in [9.17, 15) is 0 Å². The molecule has 4 heavy (non-hydrogen) atoms. The molecule has 0 radical (unpaired) electrons. The van der Waals surface area contributed by atoms with Gasteiger partial charge in [-0.1, -0.05) is 0 Å². The van der Waals surface area contributed by atoms with Crippen molar-refractivity contribution in [1.29, 1.82) is 0 Å². The Balaban J connectivity index is 0. The molecule has 0 atom stereocenters.